The number of rotatable bonds is 3. The summed E-state index contributed by atoms with van der Waals surface area (Å²) in [5, 5.41) is 9.24. The molecule has 0 fully saturated rings. The first kappa shape index (κ1) is 9.52. The highest BCUT2D eigenvalue weighted by Crippen LogP contribution is 2.16. The van der Waals surface area contributed by atoms with E-state index in [-0.39, 0.29) is 0 Å². The van der Waals surface area contributed by atoms with E-state index in [0.717, 1.165) is 12.0 Å². The van der Waals surface area contributed by atoms with E-state index in [1.54, 1.807) is 0 Å². The topological polar surface area (TPSA) is 32.3 Å². The molecular weight excluding hydrogens is 174 g/mol. The fourth-order valence-corrected chi connectivity index (χ4v) is 1.38. The van der Waals surface area contributed by atoms with Gasteiger partial charge in [0.15, 0.2) is 0 Å². The molecule has 0 saturated heterocycles. The molecule has 0 atom stereocenters. The number of benzene rings is 1. The minimum Gasteiger partial charge on any atom is -0.316 e. The van der Waals surface area contributed by atoms with Crippen molar-refractivity contribution in [3.05, 3.63) is 34.3 Å². The van der Waals surface area contributed by atoms with E-state index in [2.05, 4.69) is 12.4 Å². The zero-order chi connectivity index (χ0) is 8.97. The molecule has 1 aromatic carbocycles. The Kier molecular flexibility index (Phi) is 3.53. The van der Waals surface area contributed by atoms with Crippen molar-refractivity contribution in [3.8, 4) is 0 Å². The minimum absolute atomic E-state index is 0.448. The summed E-state index contributed by atoms with van der Waals surface area (Å²) in [5.41, 5.74) is 4.39. The van der Waals surface area contributed by atoms with Gasteiger partial charge in [0, 0.05) is 11.6 Å². The van der Waals surface area contributed by atoms with E-state index in [0.29, 0.717) is 11.6 Å². The molecule has 0 amide bonds. The second-order valence-corrected chi connectivity index (χ2v) is 3.04. The Morgan fingerprint density at radius 2 is 2.17 bits per heavy atom. The first-order valence-electron chi connectivity index (χ1n) is 3.92. The summed E-state index contributed by atoms with van der Waals surface area (Å²) in [6.07, 6.45) is 0.953. The fourth-order valence-electron chi connectivity index (χ4n) is 1.19. The second-order valence-electron chi connectivity index (χ2n) is 2.60. The lowest BCUT2D eigenvalue weighted by Gasteiger charge is -2.06. The van der Waals surface area contributed by atoms with E-state index < -0.39 is 0 Å². The van der Waals surface area contributed by atoms with Crippen molar-refractivity contribution in [2.24, 2.45) is 0 Å². The van der Waals surface area contributed by atoms with E-state index in [9.17, 15) is 0 Å². The number of hydrogen-bond donors (Lipinski definition) is 2. The van der Waals surface area contributed by atoms with Crippen LogP contribution in [0.5, 0.6) is 0 Å². The second kappa shape index (κ2) is 4.45. The van der Waals surface area contributed by atoms with E-state index in [1.165, 1.54) is 5.56 Å². The molecule has 0 radical (unpaired) electrons. The maximum Gasteiger partial charge on any atom is 0.0461 e. The van der Waals surface area contributed by atoms with Gasteiger partial charge in [0.05, 0.1) is 0 Å². The quantitative estimate of drug-likeness (QED) is 0.709. The van der Waals surface area contributed by atoms with Gasteiger partial charge in [0.1, 0.15) is 0 Å². The van der Waals surface area contributed by atoms with Crippen LogP contribution in [0.1, 0.15) is 18.1 Å². The summed E-state index contributed by atoms with van der Waals surface area (Å²) >= 11 is 5.80. The third kappa shape index (κ3) is 2.21. The van der Waals surface area contributed by atoms with Crippen LogP contribution in [0, 0.1) is 0 Å². The van der Waals surface area contributed by atoms with Crippen LogP contribution >= 0.6 is 11.6 Å². The van der Waals surface area contributed by atoms with Crippen LogP contribution in [-0.2, 0) is 13.0 Å². The Labute approximate surface area is 77.1 Å². The van der Waals surface area contributed by atoms with Gasteiger partial charge in [0.25, 0.3) is 0 Å². The molecule has 1 aromatic rings. The largest absolute Gasteiger partial charge is 0.316 e. The molecule has 0 aliphatic rings. The number of halogens is 1. The maximum atomic E-state index is 8.54. The average Bonchev–Trinajstić information content (AvgIpc) is 2.05. The summed E-state index contributed by atoms with van der Waals surface area (Å²) in [6.45, 7) is 2.52. The van der Waals surface area contributed by atoms with Gasteiger partial charge in [-0.3, -0.25) is 0 Å². The summed E-state index contributed by atoms with van der Waals surface area (Å²) in [7, 11) is 0. The first-order valence-corrected chi connectivity index (χ1v) is 4.30. The Balaban J connectivity index is 2.95. The normalized spacial score (nSPS) is 10.2. The molecule has 0 spiro atoms. The highest BCUT2D eigenvalue weighted by molar-refractivity contribution is 6.30. The molecule has 0 aliphatic carbocycles. The van der Waals surface area contributed by atoms with Gasteiger partial charge < -0.3 is 5.21 Å². The zero-order valence-corrected chi connectivity index (χ0v) is 7.73. The Morgan fingerprint density at radius 1 is 1.42 bits per heavy atom. The van der Waals surface area contributed by atoms with Gasteiger partial charge in [-0.2, -0.15) is 0 Å². The zero-order valence-electron chi connectivity index (χ0n) is 6.97. The highest BCUT2D eigenvalue weighted by Gasteiger charge is 2.00. The van der Waals surface area contributed by atoms with Gasteiger partial charge in [-0.05, 0) is 29.7 Å². The summed E-state index contributed by atoms with van der Waals surface area (Å²) in [5.74, 6) is 0. The molecule has 3 heteroatoms. The van der Waals surface area contributed by atoms with Crippen molar-refractivity contribution in [1.82, 2.24) is 5.48 Å². The Bertz CT molecular complexity index is 263. The summed E-state index contributed by atoms with van der Waals surface area (Å²) in [4.78, 5) is 0. The Morgan fingerprint density at radius 3 is 2.75 bits per heavy atom. The average molecular weight is 186 g/mol. The first-order chi connectivity index (χ1) is 5.77. The van der Waals surface area contributed by atoms with E-state index >= 15 is 0 Å². The molecule has 0 saturated carbocycles. The van der Waals surface area contributed by atoms with Crippen LogP contribution in [0.3, 0.4) is 0 Å². The van der Waals surface area contributed by atoms with Crippen molar-refractivity contribution in [2.45, 2.75) is 19.9 Å². The lowest BCUT2D eigenvalue weighted by molar-refractivity contribution is 0.161. The molecule has 2 nitrogen and oxygen atoms in total. The molecular formula is C9H12ClNO. The number of hydroxylamine groups is 1. The van der Waals surface area contributed by atoms with Gasteiger partial charge in [-0.15, -0.1) is 0 Å². The third-order valence-corrected chi connectivity index (χ3v) is 2.05. The lowest BCUT2D eigenvalue weighted by atomic mass is 10.1. The molecule has 0 bridgehead atoms. The van der Waals surface area contributed by atoms with Gasteiger partial charge >= 0.3 is 0 Å². The smallest absolute Gasteiger partial charge is 0.0461 e. The molecule has 2 N–H and O–H groups in total. The molecule has 12 heavy (non-hydrogen) atoms. The van der Waals surface area contributed by atoms with Crippen molar-refractivity contribution in [1.29, 1.82) is 0 Å². The van der Waals surface area contributed by atoms with Crippen molar-refractivity contribution >= 4 is 11.6 Å². The highest BCUT2D eigenvalue weighted by atomic mass is 35.5. The van der Waals surface area contributed by atoms with Crippen LogP contribution in [-0.4, -0.2) is 5.21 Å². The van der Waals surface area contributed by atoms with Crippen LogP contribution in [0.4, 0.5) is 0 Å². The predicted molar refractivity (Wildman–Crippen MR) is 49.5 cm³/mol. The van der Waals surface area contributed by atoms with Crippen molar-refractivity contribution in [2.75, 3.05) is 0 Å². The fraction of sp³-hybridized carbons (Fsp3) is 0.333. The summed E-state index contributed by atoms with van der Waals surface area (Å²) in [6, 6.07) is 5.71. The molecule has 0 aliphatic heterocycles. The van der Waals surface area contributed by atoms with E-state index in [1.807, 2.05) is 18.2 Å². The number of nitrogens with one attached hydrogen (secondary N) is 1. The standard InChI is InChI=1S/C9H12ClNO/c1-2-7-3-4-9(10)5-8(7)6-11-12/h3-5,11-12H,2,6H2,1H3. The SMILES string of the molecule is CCc1ccc(Cl)cc1CNO. The summed E-state index contributed by atoms with van der Waals surface area (Å²) < 4.78 is 0. The van der Waals surface area contributed by atoms with Crippen LogP contribution in [0.25, 0.3) is 0 Å². The lowest BCUT2D eigenvalue weighted by Crippen LogP contribution is -2.08. The number of hydrogen-bond acceptors (Lipinski definition) is 2. The monoisotopic (exact) mass is 185 g/mol. The molecule has 0 aromatic heterocycles. The van der Waals surface area contributed by atoms with Crippen molar-refractivity contribution < 1.29 is 5.21 Å². The Hall–Kier alpha value is -0.570. The molecule has 0 unspecified atom stereocenters. The van der Waals surface area contributed by atoms with Gasteiger partial charge in [-0.1, -0.05) is 24.6 Å². The molecule has 1 rings (SSSR count). The van der Waals surface area contributed by atoms with E-state index in [4.69, 9.17) is 16.8 Å². The third-order valence-electron chi connectivity index (χ3n) is 1.82. The molecule has 66 valence electrons. The maximum absolute atomic E-state index is 8.54. The van der Waals surface area contributed by atoms with Crippen molar-refractivity contribution in [3.63, 3.8) is 0 Å². The number of aryl methyl sites for hydroxylation is 1. The van der Waals surface area contributed by atoms with Crippen LogP contribution in [0.15, 0.2) is 18.2 Å². The van der Waals surface area contributed by atoms with Gasteiger partial charge in [0.2, 0.25) is 0 Å². The molecule has 0 heterocycles. The van der Waals surface area contributed by atoms with Gasteiger partial charge in [-0.25, -0.2) is 5.48 Å². The predicted octanol–water partition coefficient (Wildman–Crippen LogP) is 2.38. The van der Waals surface area contributed by atoms with Crippen LogP contribution in [0.2, 0.25) is 5.02 Å². The van der Waals surface area contributed by atoms with Crippen LogP contribution < -0.4 is 5.48 Å². The minimum atomic E-state index is 0.448.